The van der Waals surface area contributed by atoms with Gasteiger partial charge in [0.05, 0.1) is 12.8 Å². The lowest BCUT2D eigenvalue weighted by atomic mass is 9.84. The Morgan fingerprint density at radius 1 is 1.33 bits per heavy atom. The second kappa shape index (κ2) is 4.98. The summed E-state index contributed by atoms with van der Waals surface area (Å²) >= 11 is 6.06. The van der Waals surface area contributed by atoms with Crippen LogP contribution in [0.5, 0.6) is 5.75 Å². The molecule has 3 nitrogen and oxygen atoms in total. The number of benzene rings is 1. The van der Waals surface area contributed by atoms with E-state index in [0.29, 0.717) is 6.04 Å². The quantitative estimate of drug-likeness (QED) is 0.911. The molecule has 0 amide bonds. The third-order valence-electron chi connectivity index (χ3n) is 4.16. The predicted octanol–water partition coefficient (Wildman–Crippen LogP) is 2.85. The highest BCUT2D eigenvalue weighted by Gasteiger charge is 2.34. The first kappa shape index (κ1) is 12.1. The molecule has 3 aliphatic rings. The van der Waals surface area contributed by atoms with E-state index < -0.39 is 0 Å². The summed E-state index contributed by atoms with van der Waals surface area (Å²) in [5.74, 6) is 1.66. The number of halogens is 1. The summed E-state index contributed by atoms with van der Waals surface area (Å²) in [6.07, 6.45) is 2.61. The molecule has 0 radical (unpaired) electrons. The van der Waals surface area contributed by atoms with E-state index >= 15 is 0 Å². The Morgan fingerprint density at radius 3 is 2.72 bits per heavy atom. The van der Waals surface area contributed by atoms with E-state index in [1.165, 1.54) is 25.9 Å². The number of ether oxygens (including phenoxy) is 1. The topological polar surface area (TPSA) is 24.5 Å². The molecule has 4 heteroatoms. The maximum absolute atomic E-state index is 6.06. The number of nitrogens with zero attached hydrogens (tertiary/aromatic N) is 1. The molecule has 4 rings (SSSR count). The Bertz CT molecular complexity index is 430. The van der Waals surface area contributed by atoms with Crippen molar-refractivity contribution < 1.29 is 4.74 Å². The van der Waals surface area contributed by atoms with Gasteiger partial charge in [0.1, 0.15) is 5.75 Å². The van der Waals surface area contributed by atoms with Crippen LogP contribution in [0.15, 0.2) is 18.2 Å². The first-order chi connectivity index (χ1) is 8.76. The standard InChI is InChI=1S/C14H19ClN2O/c1-18-14-3-2-11(15)8-12(14)16-13-9-17-6-4-10(13)5-7-17/h2-3,8,10,13,16H,4-7,9H2,1H3. The van der Waals surface area contributed by atoms with Crippen LogP contribution in [0.3, 0.4) is 0 Å². The minimum absolute atomic E-state index is 0.528. The van der Waals surface area contributed by atoms with Crippen molar-refractivity contribution in [3.05, 3.63) is 23.2 Å². The zero-order valence-electron chi connectivity index (χ0n) is 10.7. The third kappa shape index (κ3) is 2.29. The van der Waals surface area contributed by atoms with Gasteiger partial charge in [0.2, 0.25) is 0 Å². The summed E-state index contributed by atoms with van der Waals surface area (Å²) < 4.78 is 5.39. The molecule has 1 atom stereocenters. The van der Waals surface area contributed by atoms with Crippen LogP contribution in [0.25, 0.3) is 0 Å². The summed E-state index contributed by atoms with van der Waals surface area (Å²) in [6, 6.07) is 6.27. The number of anilines is 1. The van der Waals surface area contributed by atoms with Crippen molar-refractivity contribution in [2.75, 3.05) is 32.1 Å². The predicted molar refractivity (Wildman–Crippen MR) is 74.6 cm³/mol. The minimum atomic E-state index is 0.528. The highest BCUT2D eigenvalue weighted by atomic mass is 35.5. The highest BCUT2D eigenvalue weighted by molar-refractivity contribution is 6.30. The van der Waals surface area contributed by atoms with Crippen molar-refractivity contribution in [1.82, 2.24) is 4.90 Å². The van der Waals surface area contributed by atoms with Crippen LogP contribution in [-0.2, 0) is 0 Å². The summed E-state index contributed by atoms with van der Waals surface area (Å²) in [5, 5.41) is 4.37. The van der Waals surface area contributed by atoms with Crippen molar-refractivity contribution in [1.29, 1.82) is 0 Å². The van der Waals surface area contributed by atoms with Gasteiger partial charge in [-0.2, -0.15) is 0 Å². The lowest BCUT2D eigenvalue weighted by molar-refractivity contribution is 0.0974. The molecule has 2 bridgehead atoms. The fourth-order valence-electron chi connectivity index (χ4n) is 3.12. The van der Waals surface area contributed by atoms with Crippen molar-refractivity contribution in [3.8, 4) is 5.75 Å². The molecule has 3 fully saturated rings. The van der Waals surface area contributed by atoms with Gasteiger partial charge < -0.3 is 15.0 Å². The first-order valence-corrected chi connectivity index (χ1v) is 6.96. The molecule has 1 aromatic rings. The largest absolute Gasteiger partial charge is 0.495 e. The van der Waals surface area contributed by atoms with Gasteiger partial charge >= 0.3 is 0 Å². The van der Waals surface area contributed by atoms with E-state index in [9.17, 15) is 0 Å². The molecule has 1 unspecified atom stereocenters. The van der Waals surface area contributed by atoms with E-state index in [2.05, 4.69) is 10.2 Å². The summed E-state index contributed by atoms with van der Waals surface area (Å²) in [6.45, 7) is 3.66. The van der Waals surface area contributed by atoms with Gasteiger partial charge in [-0.1, -0.05) is 11.6 Å². The number of methoxy groups -OCH3 is 1. The second-order valence-corrected chi connectivity index (χ2v) is 5.67. The Labute approximate surface area is 113 Å². The molecule has 98 valence electrons. The molecule has 3 heterocycles. The molecule has 18 heavy (non-hydrogen) atoms. The van der Waals surface area contributed by atoms with Crippen molar-refractivity contribution in [2.24, 2.45) is 5.92 Å². The molecule has 0 saturated carbocycles. The van der Waals surface area contributed by atoms with E-state index in [-0.39, 0.29) is 0 Å². The number of rotatable bonds is 3. The van der Waals surface area contributed by atoms with Crippen LogP contribution >= 0.6 is 11.6 Å². The fourth-order valence-corrected chi connectivity index (χ4v) is 3.29. The van der Waals surface area contributed by atoms with Crippen LogP contribution in [0, 0.1) is 5.92 Å². The lowest BCUT2D eigenvalue weighted by Crippen LogP contribution is -2.53. The zero-order valence-corrected chi connectivity index (χ0v) is 11.4. The number of hydrogen-bond donors (Lipinski definition) is 1. The molecule has 1 N–H and O–H groups in total. The van der Waals surface area contributed by atoms with Gasteiger partial charge in [0.15, 0.2) is 0 Å². The normalized spacial score (nSPS) is 30.2. The Morgan fingerprint density at radius 2 is 2.11 bits per heavy atom. The zero-order chi connectivity index (χ0) is 12.5. The SMILES string of the molecule is COc1ccc(Cl)cc1NC1CN2CCC1CC2. The number of hydrogen-bond acceptors (Lipinski definition) is 3. The highest BCUT2D eigenvalue weighted by Crippen LogP contribution is 2.33. The molecule has 0 aliphatic carbocycles. The molecule has 0 spiro atoms. The number of fused-ring (bicyclic) bond motifs is 3. The molecular formula is C14H19ClN2O. The van der Waals surface area contributed by atoms with Gasteiger partial charge in [-0.15, -0.1) is 0 Å². The van der Waals surface area contributed by atoms with Gasteiger partial charge in [-0.05, 0) is 50.0 Å². The fraction of sp³-hybridized carbons (Fsp3) is 0.571. The van der Waals surface area contributed by atoms with E-state index in [1.807, 2.05) is 18.2 Å². The van der Waals surface area contributed by atoms with Gasteiger partial charge in [-0.25, -0.2) is 0 Å². The minimum Gasteiger partial charge on any atom is -0.495 e. The Hall–Kier alpha value is -0.930. The number of piperidine rings is 3. The average Bonchev–Trinajstić information content (AvgIpc) is 2.40. The van der Waals surface area contributed by atoms with Crippen LogP contribution in [-0.4, -0.2) is 37.7 Å². The maximum atomic E-state index is 6.06. The van der Waals surface area contributed by atoms with Gasteiger partial charge in [-0.3, -0.25) is 0 Å². The van der Waals surface area contributed by atoms with Gasteiger partial charge in [0.25, 0.3) is 0 Å². The van der Waals surface area contributed by atoms with Crippen LogP contribution in [0.1, 0.15) is 12.8 Å². The van der Waals surface area contributed by atoms with Crippen molar-refractivity contribution in [3.63, 3.8) is 0 Å². The van der Waals surface area contributed by atoms with E-state index in [0.717, 1.165) is 28.9 Å². The van der Waals surface area contributed by atoms with E-state index in [1.54, 1.807) is 7.11 Å². The second-order valence-electron chi connectivity index (χ2n) is 5.23. The lowest BCUT2D eigenvalue weighted by Gasteiger charge is -2.45. The Balaban J connectivity index is 1.78. The van der Waals surface area contributed by atoms with Gasteiger partial charge in [0, 0.05) is 17.6 Å². The average molecular weight is 267 g/mol. The monoisotopic (exact) mass is 266 g/mol. The van der Waals surface area contributed by atoms with Crippen molar-refractivity contribution in [2.45, 2.75) is 18.9 Å². The van der Waals surface area contributed by atoms with Crippen LogP contribution < -0.4 is 10.1 Å². The third-order valence-corrected chi connectivity index (χ3v) is 4.39. The Kier molecular flexibility index (Phi) is 3.35. The molecular weight excluding hydrogens is 248 g/mol. The molecule has 0 aromatic heterocycles. The van der Waals surface area contributed by atoms with E-state index in [4.69, 9.17) is 16.3 Å². The molecule has 3 saturated heterocycles. The number of nitrogens with one attached hydrogen (secondary N) is 1. The molecule has 3 aliphatic heterocycles. The summed E-state index contributed by atoms with van der Waals surface area (Å²) in [7, 11) is 1.70. The van der Waals surface area contributed by atoms with Crippen molar-refractivity contribution >= 4 is 17.3 Å². The smallest absolute Gasteiger partial charge is 0.142 e. The first-order valence-electron chi connectivity index (χ1n) is 6.58. The molecule has 1 aromatic carbocycles. The summed E-state index contributed by atoms with van der Waals surface area (Å²) in [5.41, 5.74) is 1.02. The maximum Gasteiger partial charge on any atom is 0.142 e. The van der Waals surface area contributed by atoms with Crippen LogP contribution in [0.4, 0.5) is 5.69 Å². The van der Waals surface area contributed by atoms with Crippen LogP contribution in [0.2, 0.25) is 5.02 Å². The summed E-state index contributed by atoms with van der Waals surface area (Å²) in [4.78, 5) is 2.54.